The number of aromatic nitrogens is 2. The maximum atomic E-state index is 5.51. The van der Waals surface area contributed by atoms with Gasteiger partial charge in [0.1, 0.15) is 11.4 Å². The number of benzene rings is 1. The number of rotatable bonds is 5. The summed E-state index contributed by atoms with van der Waals surface area (Å²) in [6.45, 7) is 1.82. The van der Waals surface area contributed by atoms with Crippen LogP contribution in [0.2, 0.25) is 0 Å². The summed E-state index contributed by atoms with van der Waals surface area (Å²) in [5.41, 5.74) is 3.09. The fourth-order valence-corrected chi connectivity index (χ4v) is 3.09. The molecule has 1 saturated heterocycles. The molecule has 0 spiro atoms. The lowest BCUT2D eigenvalue weighted by Crippen LogP contribution is -2.40. The number of methoxy groups -OCH3 is 1. The van der Waals surface area contributed by atoms with E-state index >= 15 is 0 Å². The third-order valence-electron chi connectivity index (χ3n) is 4.48. The van der Waals surface area contributed by atoms with E-state index in [4.69, 9.17) is 9.26 Å². The van der Waals surface area contributed by atoms with Gasteiger partial charge in [-0.2, -0.15) is 0 Å². The molecule has 0 radical (unpaired) electrons. The van der Waals surface area contributed by atoms with Crippen molar-refractivity contribution in [3.05, 3.63) is 66.2 Å². The monoisotopic (exact) mass is 321 g/mol. The molecule has 2 aromatic heterocycles. The molecule has 0 aliphatic carbocycles. The first-order valence-corrected chi connectivity index (χ1v) is 8.07. The van der Waals surface area contributed by atoms with Crippen molar-refractivity contribution in [2.24, 2.45) is 0 Å². The highest BCUT2D eigenvalue weighted by Crippen LogP contribution is 2.36. The van der Waals surface area contributed by atoms with Gasteiger partial charge in [0, 0.05) is 36.6 Å². The van der Waals surface area contributed by atoms with Crippen LogP contribution in [0.3, 0.4) is 0 Å². The minimum Gasteiger partial charge on any atom is -0.497 e. The molecular weight excluding hydrogens is 302 g/mol. The van der Waals surface area contributed by atoms with Crippen LogP contribution in [0.1, 0.15) is 23.8 Å². The van der Waals surface area contributed by atoms with Crippen LogP contribution in [0.5, 0.6) is 5.75 Å². The SMILES string of the molecule is COc1cccc([C@@H]2CCN2Cc2cc(-c3cccnc3)no2)c1. The zero-order chi connectivity index (χ0) is 16.4. The lowest BCUT2D eigenvalue weighted by Gasteiger charge is -2.40. The molecular formula is C19H19N3O2. The molecule has 5 nitrogen and oxygen atoms in total. The maximum Gasteiger partial charge on any atom is 0.151 e. The molecule has 1 aliphatic rings. The van der Waals surface area contributed by atoms with Crippen LogP contribution < -0.4 is 4.74 Å². The van der Waals surface area contributed by atoms with Gasteiger partial charge < -0.3 is 9.26 Å². The van der Waals surface area contributed by atoms with E-state index in [1.54, 1.807) is 19.5 Å². The van der Waals surface area contributed by atoms with Crippen LogP contribution in [0.15, 0.2) is 59.4 Å². The minimum absolute atomic E-state index is 0.409. The zero-order valence-corrected chi connectivity index (χ0v) is 13.6. The molecule has 24 heavy (non-hydrogen) atoms. The first-order valence-electron chi connectivity index (χ1n) is 8.07. The Bertz CT molecular complexity index is 816. The van der Waals surface area contributed by atoms with Crippen molar-refractivity contribution in [2.75, 3.05) is 13.7 Å². The molecule has 0 N–H and O–H groups in total. The second-order valence-corrected chi connectivity index (χ2v) is 5.97. The summed E-state index contributed by atoms with van der Waals surface area (Å²) in [5.74, 6) is 1.78. The summed E-state index contributed by atoms with van der Waals surface area (Å²) >= 11 is 0. The Kier molecular flexibility index (Phi) is 4.01. The van der Waals surface area contributed by atoms with Gasteiger partial charge in [-0.1, -0.05) is 17.3 Å². The Balaban J connectivity index is 1.47. The fourth-order valence-electron chi connectivity index (χ4n) is 3.09. The van der Waals surface area contributed by atoms with Gasteiger partial charge in [0.2, 0.25) is 0 Å². The molecule has 5 heteroatoms. The van der Waals surface area contributed by atoms with E-state index in [0.29, 0.717) is 6.04 Å². The molecule has 0 bridgehead atoms. The lowest BCUT2D eigenvalue weighted by molar-refractivity contribution is 0.0710. The highest BCUT2D eigenvalue weighted by atomic mass is 16.5. The number of ether oxygens (including phenoxy) is 1. The summed E-state index contributed by atoms with van der Waals surface area (Å²) in [7, 11) is 1.70. The Morgan fingerprint density at radius 2 is 2.21 bits per heavy atom. The topological polar surface area (TPSA) is 51.4 Å². The molecule has 122 valence electrons. The highest BCUT2D eigenvalue weighted by molar-refractivity contribution is 5.57. The molecule has 1 atom stereocenters. The first-order chi connectivity index (χ1) is 11.8. The number of likely N-dealkylation sites (tertiary alicyclic amines) is 1. The molecule has 1 aromatic carbocycles. The van der Waals surface area contributed by atoms with E-state index in [0.717, 1.165) is 42.3 Å². The van der Waals surface area contributed by atoms with Crippen molar-refractivity contribution in [1.29, 1.82) is 0 Å². The van der Waals surface area contributed by atoms with Crippen molar-refractivity contribution >= 4 is 0 Å². The van der Waals surface area contributed by atoms with Crippen molar-refractivity contribution in [1.82, 2.24) is 15.0 Å². The van der Waals surface area contributed by atoms with E-state index in [-0.39, 0.29) is 0 Å². The number of hydrogen-bond donors (Lipinski definition) is 0. The van der Waals surface area contributed by atoms with Crippen molar-refractivity contribution in [2.45, 2.75) is 19.0 Å². The van der Waals surface area contributed by atoms with Crippen LogP contribution in [0.25, 0.3) is 11.3 Å². The lowest BCUT2D eigenvalue weighted by atomic mass is 9.94. The van der Waals surface area contributed by atoms with E-state index in [2.05, 4.69) is 27.2 Å². The summed E-state index contributed by atoms with van der Waals surface area (Å²) < 4.78 is 10.8. The van der Waals surface area contributed by atoms with Crippen molar-refractivity contribution < 1.29 is 9.26 Å². The van der Waals surface area contributed by atoms with Crippen LogP contribution in [-0.2, 0) is 6.54 Å². The molecule has 0 unspecified atom stereocenters. The molecule has 1 aliphatic heterocycles. The summed E-state index contributed by atoms with van der Waals surface area (Å²) in [5, 5.41) is 4.16. The van der Waals surface area contributed by atoms with Gasteiger partial charge in [0.15, 0.2) is 5.76 Å². The van der Waals surface area contributed by atoms with Gasteiger partial charge in [-0.25, -0.2) is 0 Å². The van der Waals surface area contributed by atoms with Gasteiger partial charge in [-0.15, -0.1) is 0 Å². The Labute approximate surface area is 140 Å². The normalized spacial score (nSPS) is 17.5. The van der Waals surface area contributed by atoms with Crippen LogP contribution in [0.4, 0.5) is 0 Å². The first kappa shape index (κ1) is 14.9. The average Bonchev–Trinajstić information content (AvgIpc) is 3.08. The molecule has 3 heterocycles. The van der Waals surface area contributed by atoms with Gasteiger partial charge in [-0.3, -0.25) is 9.88 Å². The van der Waals surface area contributed by atoms with Gasteiger partial charge in [-0.05, 0) is 36.2 Å². The predicted molar refractivity (Wildman–Crippen MR) is 90.5 cm³/mol. The molecule has 0 amide bonds. The minimum atomic E-state index is 0.409. The van der Waals surface area contributed by atoms with Gasteiger partial charge in [0.05, 0.1) is 13.7 Å². The number of pyridine rings is 1. The average molecular weight is 321 g/mol. The summed E-state index contributed by atoms with van der Waals surface area (Å²) in [4.78, 5) is 6.51. The van der Waals surface area contributed by atoms with Gasteiger partial charge in [0.25, 0.3) is 0 Å². The molecule has 4 rings (SSSR count). The van der Waals surface area contributed by atoms with E-state index < -0.39 is 0 Å². The van der Waals surface area contributed by atoms with Crippen LogP contribution in [0, 0.1) is 0 Å². The summed E-state index contributed by atoms with van der Waals surface area (Å²) in [6.07, 6.45) is 4.70. The third-order valence-corrected chi connectivity index (χ3v) is 4.48. The van der Waals surface area contributed by atoms with E-state index in [1.807, 2.05) is 30.3 Å². The molecule has 3 aromatic rings. The van der Waals surface area contributed by atoms with Gasteiger partial charge >= 0.3 is 0 Å². The third kappa shape index (κ3) is 2.90. The smallest absolute Gasteiger partial charge is 0.151 e. The Hall–Kier alpha value is -2.66. The Morgan fingerprint density at radius 1 is 1.25 bits per heavy atom. The van der Waals surface area contributed by atoms with E-state index in [1.165, 1.54) is 5.56 Å². The van der Waals surface area contributed by atoms with Crippen molar-refractivity contribution in [3.8, 4) is 17.0 Å². The maximum absolute atomic E-state index is 5.51. The van der Waals surface area contributed by atoms with Crippen molar-refractivity contribution in [3.63, 3.8) is 0 Å². The van der Waals surface area contributed by atoms with E-state index in [9.17, 15) is 0 Å². The highest BCUT2D eigenvalue weighted by Gasteiger charge is 2.30. The van der Waals surface area contributed by atoms with Crippen LogP contribution in [-0.4, -0.2) is 28.7 Å². The predicted octanol–water partition coefficient (Wildman–Crippen LogP) is 3.69. The second-order valence-electron chi connectivity index (χ2n) is 5.97. The quantitative estimate of drug-likeness (QED) is 0.717. The number of hydrogen-bond acceptors (Lipinski definition) is 5. The molecule has 0 saturated carbocycles. The number of nitrogens with zero attached hydrogens (tertiary/aromatic N) is 3. The zero-order valence-electron chi connectivity index (χ0n) is 13.6. The Morgan fingerprint density at radius 3 is 2.96 bits per heavy atom. The largest absolute Gasteiger partial charge is 0.497 e. The standard InChI is InChI=1S/C19H19N3O2/c1-23-16-6-2-4-14(10-16)19-7-9-22(19)13-17-11-18(21-24-17)15-5-3-8-20-12-15/h2-6,8,10-12,19H,7,9,13H2,1H3/t19-/m0/s1. The van der Waals surface area contributed by atoms with Crippen LogP contribution >= 0.6 is 0 Å². The molecule has 1 fully saturated rings. The second kappa shape index (κ2) is 6.45. The summed E-state index contributed by atoms with van der Waals surface area (Å²) in [6, 6.07) is 14.6. The fraction of sp³-hybridized carbons (Fsp3) is 0.263.